The molecule has 1 saturated heterocycles. The number of ether oxygens (including phenoxy) is 1. The molecule has 0 radical (unpaired) electrons. The summed E-state index contributed by atoms with van der Waals surface area (Å²) < 4.78 is 5.18. The third-order valence-corrected chi connectivity index (χ3v) is 2.67. The largest absolute Gasteiger partial charge is 0.381 e. The van der Waals surface area contributed by atoms with E-state index in [4.69, 9.17) is 4.74 Å². The Hall–Kier alpha value is -0.0800. The summed E-state index contributed by atoms with van der Waals surface area (Å²) in [7, 11) is 1.80. The van der Waals surface area contributed by atoms with Gasteiger partial charge in [-0.15, -0.1) is 0 Å². The van der Waals surface area contributed by atoms with Gasteiger partial charge in [0.25, 0.3) is 0 Å². The van der Waals surface area contributed by atoms with Crippen molar-refractivity contribution >= 4 is 0 Å². The zero-order valence-electron chi connectivity index (χ0n) is 5.81. The highest BCUT2D eigenvalue weighted by atomic mass is 16.5. The minimum Gasteiger partial charge on any atom is -0.381 e. The monoisotopic (exact) mass is 127 g/mol. The van der Waals surface area contributed by atoms with Crippen molar-refractivity contribution in [2.45, 2.75) is 30.9 Å². The first-order chi connectivity index (χ1) is 4.35. The molecule has 2 heteroatoms. The average molecular weight is 127 g/mol. The number of hydrogen-bond donors (Lipinski definition) is 1. The first-order valence-corrected chi connectivity index (χ1v) is 3.62. The summed E-state index contributed by atoms with van der Waals surface area (Å²) >= 11 is 0. The molecule has 52 valence electrons. The predicted octanol–water partition coefficient (Wildman–Crippen LogP) is 0.527. The Labute approximate surface area is 55.6 Å². The van der Waals surface area contributed by atoms with Crippen LogP contribution >= 0.6 is 0 Å². The molecule has 2 fully saturated rings. The predicted molar refractivity (Wildman–Crippen MR) is 35.4 cm³/mol. The highest BCUT2D eigenvalue weighted by Crippen LogP contribution is 2.40. The van der Waals surface area contributed by atoms with E-state index in [1.54, 1.807) is 7.11 Å². The van der Waals surface area contributed by atoms with Crippen molar-refractivity contribution in [1.29, 1.82) is 0 Å². The molecule has 2 nitrogen and oxygen atoms in total. The van der Waals surface area contributed by atoms with Gasteiger partial charge in [0.1, 0.15) is 0 Å². The molecule has 0 aromatic rings. The van der Waals surface area contributed by atoms with Crippen molar-refractivity contribution in [2.75, 3.05) is 13.7 Å². The smallest absolute Gasteiger partial charge is 0.0606 e. The molecular formula is C7H13NO. The molecule has 0 bridgehead atoms. The fraction of sp³-hybridized carbons (Fsp3) is 1.00. The van der Waals surface area contributed by atoms with E-state index < -0.39 is 0 Å². The summed E-state index contributed by atoms with van der Waals surface area (Å²) in [6, 6.07) is 0. The van der Waals surface area contributed by atoms with E-state index in [1.807, 2.05) is 0 Å². The van der Waals surface area contributed by atoms with Gasteiger partial charge in [0, 0.05) is 12.6 Å². The highest BCUT2D eigenvalue weighted by molar-refractivity contribution is 5.07. The number of hydrogen-bond acceptors (Lipinski definition) is 2. The van der Waals surface area contributed by atoms with Crippen LogP contribution in [0.5, 0.6) is 0 Å². The Kier molecular flexibility index (Phi) is 1.08. The zero-order valence-corrected chi connectivity index (χ0v) is 5.81. The van der Waals surface area contributed by atoms with Gasteiger partial charge in [-0.1, -0.05) is 0 Å². The molecule has 1 aliphatic heterocycles. The van der Waals surface area contributed by atoms with Crippen LogP contribution in [0, 0.1) is 0 Å². The van der Waals surface area contributed by atoms with E-state index in [9.17, 15) is 0 Å². The number of methoxy groups -OCH3 is 1. The maximum atomic E-state index is 5.18. The van der Waals surface area contributed by atoms with Gasteiger partial charge >= 0.3 is 0 Å². The Balaban J connectivity index is 1.82. The SMILES string of the molecule is COC1CC2(CCN2)C1. The fourth-order valence-electron chi connectivity index (χ4n) is 1.81. The molecule has 0 aromatic heterocycles. The molecule has 0 atom stereocenters. The molecule has 1 aliphatic carbocycles. The van der Waals surface area contributed by atoms with Gasteiger partial charge in [0.05, 0.1) is 6.10 Å². The van der Waals surface area contributed by atoms with Crippen molar-refractivity contribution in [1.82, 2.24) is 5.32 Å². The lowest BCUT2D eigenvalue weighted by Gasteiger charge is -2.54. The lowest BCUT2D eigenvalue weighted by atomic mass is 9.68. The molecule has 1 saturated carbocycles. The van der Waals surface area contributed by atoms with E-state index in [2.05, 4.69) is 5.32 Å². The first-order valence-electron chi connectivity index (χ1n) is 3.62. The molecule has 1 N–H and O–H groups in total. The summed E-state index contributed by atoms with van der Waals surface area (Å²) in [6.45, 7) is 1.22. The Bertz CT molecular complexity index is 112. The van der Waals surface area contributed by atoms with Crippen LogP contribution in [0.4, 0.5) is 0 Å². The molecule has 1 spiro atoms. The van der Waals surface area contributed by atoms with Gasteiger partial charge in [-0.3, -0.25) is 0 Å². The van der Waals surface area contributed by atoms with Gasteiger partial charge in [0.15, 0.2) is 0 Å². The first kappa shape index (κ1) is 5.69. The average Bonchev–Trinajstić information content (AvgIpc) is 1.59. The van der Waals surface area contributed by atoms with Crippen molar-refractivity contribution in [2.24, 2.45) is 0 Å². The molecular weight excluding hydrogens is 114 g/mol. The minimum atomic E-state index is 0.542. The van der Waals surface area contributed by atoms with Gasteiger partial charge in [-0.2, -0.15) is 0 Å². The summed E-state index contributed by atoms with van der Waals surface area (Å²) in [5.41, 5.74) is 0.542. The van der Waals surface area contributed by atoms with Crippen molar-refractivity contribution in [3.05, 3.63) is 0 Å². The van der Waals surface area contributed by atoms with E-state index in [-0.39, 0.29) is 0 Å². The van der Waals surface area contributed by atoms with Crippen molar-refractivity contribution in [3.8, 4) is 0 Å². The highest BCUT2D eigenvalue weighted by Gasteiger charge is 2.48. The maximum absolute atomic E-state index is 5.18. The fourth-order valence-corrected chi connectivity index (χ4v) is 1.81. The topological polar surface area (TPSA) is 21.3 Å². The molecule has 0 aromatic carbocycles. The van der Waals surface area contributed by atoms with E-state index in [1.165, 1.54) is 25.8 Å². The van der Waals surface area contributed by atoms with Crippen molar-refractivity contribution < 1.29 is 4.74 Å². The molecule has 1 heterocycles. The Morgan fingerprint density at radius 3 is 2.56 bits per heavy atom. The minimum absolute atomic E-state index is 0.542. The van der Waals surface area contributed by atoms with Crippen LogP contribution in [-0.2, 0) is 4.74 Å². The molecule has 0 amide bonds. The Morgan fingerprint density at radius 1 is 1.56 bits per heavy atom. The summed E-state index contributed by atoms with van der Waals surface area (Å²) in [5.74, 6) is 0. The van der Waals surface area contributed by atoms with Crippen LogP contribution in [0.15, 0.2) is 0 Å². The lowest BCUT2D eigenvalue weighted by molar-refractivity contribution is -0.0587. The van der Waals surface area contributed by atoms with Crippen molar-refractivity contribution in [3.63, 3.8) is 0 Å². The molecule has 9 heavy (non-hydrogen) atoms. The number of rotatable bonds is 1. The third kappa shape index (κ3) is 0.700. The summed E-state index contributed by atoms with van der Waals surface area (Å²) in [4.78, 5) is 0. The van der Waals surface area contributed by atoms with Crippen LogP contribution in [0.25, 0.3) is 0 Å². The normalized spacial score (nSPS) is 48.3. The Morgan fingerprint density at radius 2 is 2.22 bits per heavy atom. The van der Waals surface area contributed by atoms with Gasteiger partial charge in [-0.25, -0.2) is 0 Å². The lowest BCUT2D eigenvalue weighted by Crippen LogP contribution is -2.66. The van der Waals surface area contributed by atoms with Gasteiger partial charge in [-0.05, 0) is 25.8 Å². The van der Waals surface area contributed by atoms with Gasteiger partial charge in [0.2, 0.25) is 0 Å². The maximum Gasteiger partial charge on any atom is 0.0606 e. The quantitative estimate of drug-likeness (QED) is 0.554. The standard InChI is InChI=1S/C7H13NO/c1-9-6-4-7(5-6)2-3-8-7/h6,8H,2-5H2,1H3. The van der Waals surface area contributed by atoms with E-state index in [0.29, 0.717) is 11.6 Å². The van der Waals surface area contributed by atoms with Crippen LogP contribution < -0.4 is 5.32 Å². The molecule has 0 unspecified atom stereocenters. The second-order valence-electron chi connectivity index (χ2n) is 3.22. The van der Waals surface area contributed by atoms with Crippen LogP contribution in [0.1, 0.15) is 19.3 Å². The molecule has 2 rings (SSSR count). The summed E-state index contributed by atoms with van der Waals surface area (Å²) in [6.07, 6.45) is 4.40. The zero-order chi connectivity index (χ0) is 6.32. The van der Waals surface area contributed by atoms with Crippen LogP contribution in [0.2, 0.25) is 0 Å². The molecule has 2 aliphatic rings. The third-order valence-electron chi connectivity index (χ3n) is 2.67. The van der Waals surface area contributed by atoms with E-state index >= 15 is 0 Å². The van der Waals surface area contributed by atoms with Gasteiger partial charge < -0.3 is 10.1 Å². The summed E-state index contributed by atoms with van der Waals surface area (Å²) in [5, 5.41) is 3.44. The second kappa shape index (κ2) is 1.70. The van der Waals surface area contributed by atoms with E-state index in [0.717, 1.165) is 0 Å². The van der Waals surface area contributed by atoms with Crippen LogP contribution in [-0.4, -0.2) is 25.3 Å². The van der Waals surface area contributed by atoms with Crippen LogP contribution in [0.3, 0.4) is 0 Å². The number of nitrogens with one attached hydrogen (secondary N) is 1. The second-order valence-corrected chi connectivity index (χ2v) is 3.22.